The molecule has 0 saturated carbocycles. The first kappa shape index (κ1) is 19.6. The molecule has 1 aromatic rings. The molecule has 1 aromatic carbocycles. The molecule has 0 bridgehead atoms. The van der Waals surface area contributed by atoms with Gasteiger partial charge in [-0.1, -0.05) is 72.6 Å². The van der Waals surface area contributed by atoms with E-state index in [0.717, 1.165) is 17.7 Å². The number of benzene rings is 1. The first-order valence-electron chi connectivity index (χ1n) is 8.83. The van der Waals surface area contributed by atoms with E-state index in [2.05, 4.69) is 72.1 Å². The predicted octanol–water partition coefficient (Wildman–Crippen LogP) is 6.28. The minimum Gasteiger partial charge on any atom is -0.398 e. The number of para-hydroxylation sites is 1. The number of hydrogen-bond acceptors (Lipinski definition) is 1. The number of nitrogen functional groups attached to an aromatic ring is 1. The van der Waals surface area contributed by atoms with Gasteiger partial charge in [0.15, 0.2) is 0 Å². The molecular formula is C21H33NSi. The summed E-state index contributed by atoms with van der Waals surface area (Å²) >= 11 is 0. The Bertz CT molecular complexity index is 578. The Labute approximate surface area is 144 Å². The van der Waals surface area contributed by atoms with Gasteiger partial charge in [0.2, 0.25) is 0 Å². The molecule has 0 aliphatic carbocycles. The molecule has 0 aliphatic rings. The minimum atomic E-state index is -1.66. The second-order valence-electron chi connectivity index (χ2n) is 7.28. The van der Waals surface area contributed by atoms with Crippen LogP contribution in [0.3, 0.4) is 0 Å². The van der Waals surface area contributed by atoms with E-state index in [0.29, 0.717) is 16.6 Å². The van der Waals surface area contributed by atoms with Crippen molar-refractivity contribution in [2.75, 3.05) is 5.73 Å². The largest absolute Gasteiger partial charge is 0.398 e. The normalized spacial score (nSPS) is 12.7. The van der Waals surface area contributed by atoms with Crippen LogP contribution >= 0.6 is 0 Å². The Morgan fingerprint density at radius 2 is 1.57 bits per heavy atom. The van der Waals surface area contributed by atoms with Crippen molar-refractivity contribution in [1.82, 2.24) is 0 Å². The minimum absolute atomic E-state index is 0.662. The quantitative estimate of drug-likeness (QED) is 0.384. The third kappa shape index (κ3) is 4.29. The summed E-state index contributed by atoms with van der Waals surface area (Å²) in [7, 11) is -1.66. The number of rotatable bonds is 5. The molecule has 0 aliphatic heterocycles. The molecule has 0 amide bonds. The van der Waals surface area contributed by atoms with Crippen LogP contribution in [-0.4, -0.2) is 8.07 Å². The van der Waals surface area contributed by atoms with Crippen molar-refractivity contribution < 1.29 is 0 Å². The highest BCUT2D eigenvalue weighted by atomic mass is 28.3. The average molecular weight is 328 g/mol. The predicted molar refractivity (Wildman–Crippen MR) is 108 cm³/mol. The number of allylic oxidation sites excluding steroid dienone is 2. The lowest BCUT2D eigenvalue weighted by molar-refractivity contribution is 0.838. The molecule has 1 rings (SSSR count). The van der Waals surface area contributed by atoms with Gasteiger partial charge in [-0.05, 0) is 40.8 Å². The van der Waals surface area contributed by atoms with E-state index < -0.39 is 8.07 Å². The molecule has 0 aromatic heterocycles. The van der Waals surface area contributed by atoms with Crippen molar-refractivity contribution in [3.63, 3.8) is 0 Å². The number of hydrogen-bond donors (Lipinski definition) is 1. The van der Waals surface area contributed by atoms with Crippen LogP contribution in [0.2, 0.25) is 16.6 Å². The fourth-order valence-corrected chi connectivity index (χ4v) is 9.03. The molecule has 1 nitrogen and oxygen atoms in total. The third-order valence-corrected chi connectivity index (χ3v) is 11.4. The molecule has 0 radical (unpaired) electrons. The maximum Gasteiger partial charge on any atom is 0.146 e. The molecule has 2 N–H and O–H groups in total. The van der Waals surface area contributed by atoms with Gasteiger partial charge in [0.1, 0.15) is 8.07 Å². The molecule has 0 atom stereocenters. The van der Waals surface area contributed by atoms with E-state index in [1.165, 1.54) is 5.57 Å². The Morgan fingerprint density at radius 1 is 1.04 bits per heavy atom. The lowest BCUT2D eigenvalue weighted by atomic mass is 10.0. The van der Waals surface area contributed by atoms with Crippen molar-refractivity contribution in [3.05, 3.63) is 35.9 Å². The summed E-state index contributed by atoms with van der Waals surface area (Å²) in [5, 5.41) is 0. The molecule has 0 unspecified atom stereocenters. The fourth-order valence-electron chi connectivity index (χ4n) is 3.84. The topological polar surface area (TPSA) is 26.0 Å². The van der Waals surface area contributed by atoms with Crippen LogP contribution in [0, 0.1) is 11.5 Å². The van der Waals surface area contributed by atoms with Crippen LogP contribution in [0.5, 0.6) is 0 Å². The van der Waals surface area contributed by atoms with Crippen molar-refractivity contribution in [1.29, 1.82) is 0 Å². The summed E-state index contributed by atoms with van der Waals surface area (Å²) in [6.45, 7) is 16.3. The van der Waals surface area contributed by atoms with Gasteiger partial charge in [-0.3, -0.25) is 0 Å². The van der Waals surface area contributed by atoms with E-state index in [1.54, 1.807) is 0 Å². The van der Waals surface area contributed by atoms with E-state index in [4.69, 9.17) is 5.73 Å². The van der Waals surface area contributed by atoms with Gasteiger partial charge in [-0.2, -0.15) is 0 Å². The standard InChI is InChI=1S/C21H33NSi/c1-8-19(20-13-9-10-14-21(20)22)12-11-15-23(16(2)3,17(4)5)18(6)7/h9-10,12-14,16-18H,8,22H2,1-7H3/b19-12-. The van der Waals surface area contributed by atoms with E-state index >= 15 is 0 Å². The Kier molecular flexibility index (Phi) is 7.16. The second-order valence-corrected chi connectivity index (χ2v) is 12.9. The highest BCUT2D eigenvalue weighted by Gasteiger charge is 2.41. The molecule has 0 saturated heterocycles. The zero-order valence-electron chi connectivity index (χ0n) is 15.9. The first-order chi connectivity index (χ1) is 10.8. The van der Waals surface area contributed by atoms with Gasteiger partial charge in [-0.15, -0.1) is 5.54 Å². The molecule has 2 heteroatoms. The van der Waals surface area contributed by atoms with Gasteiger partial charge < -0.3 is 5.73 Å². The maximum absolute atomic E-state index is 6.12. The highest BCUT2D eigenvalue weighted by molar-refractivity contribution is 6.90. The lowest BCUT2D eigenvalue weighted by Crippen LogP contribution is -2.43. The van der Waals surface area contributed by atoms with Crippen molar-refractivity contribution in [3.8, 4) is 11.5 Å². The lowest BCUT2D eigenvalue weighted by Gasteiger charge is -2.38. The van der Waals surface area contributed by atoms with Crippen LogP contribution in [0.25, 0.3) is 5.57 Å². The van der Waals surface area contributed by atoms with Crippen molar-refractivity contribution >= 4 is 19.3 Å². The molecular weight excluding hydrogens is 294 g/mol. The molecule has 0 heterocycles. The highest BCUT2D eigenvalue weighted by Crippen LogP contribution is 2.40. The van der Waals surface area contributed by atoms with Gasteiger partial charge >= 0.3 is 0 Å². The monoisotopic (exact) mass is 327 g/mol. The van der Waals surface area contributed by atoms with Gasteiger partial charge in [0.05, 0.1) is 0 Å². The Hall–Kier alpha value is -1.46. The zero-order chi connectivity index (χ0) is 17.6. The van der Waals surface area contributed by atoms with E-state index in [1.807, 2.05) is 18.2 Å². The van der Waals surface area contributed by atoms with Gasteiger partial charge in [0, 0.05) is 11.3 Å². The van der Waals surface area contributed by atoms with Crippen LogP contribution in [0.4, 0.5) is 5.69 Å². The molecule has 126 valence electrons. The Balaban J connectivity index is 3.28. The van der Waals surface area contributed by atoms with Crippen LogP contribution in [0.1, 0.15) is 60.5 Å². The summed E-state index contributed by atoms with van der Waals surface area (Å²) in [6.07, 6.45) is 3.04. The smallest absolute Gasteiger partial charge is 0.146 e. The maximum atomic E-state index is 6.12. The van der Waals surface area contributed by atoms with Gasteiger partial charge in [-0.25, -0.2) is 0 Å². The number of nitrogens with two attached hydrogens (primary N) is 1. The van der Waals surface area contributed by atoms with E-state index in [-0.39, 0.29) is 0 Å². The molecule has 0 fully saturated rings. The summed E-state index contributed by atoms with van der Waals surface area (Å²) in [4.78, 5) is 0. The van der Waals surface area contributed by atoms with Gasteiger partial charge in [0.25, 0.3) is 0 Å². The van der Waals surface area contributed by atoms with Crippen LogP contribution in [-0.2, 0) is 0 Å². The van der Waals surface area contributed by atoms with Crippen LogP contribution in [0.15, 0.2) is 30.3 Å². The summed E-state index contributed by atoms with van der Waals surface area (Å²) in [5.74, 6) is 3.44. The van der Waals surface area contributed by atoms with Crippen LogP contribution < -0.4 is 5.73 Å². The molecule has 0 spiro atoms. The molecule has 23 heavy (non-hydrogen) atoms. The van der Waals surface area contributed by atoms with E-state index in [9.17, 15) is 0 Å². The zero-order valence-corrected chi connectivity index (χ0v) is 16.9. The Morgan fingerprint density at radius 3 is 2.00 bits per heavy atom. The first-order valence-corrected chi connectivity index (χ1v) is 11.1. The summed E-state index contributed by atoms with van der Waals surface area (Å²) < 4.78 is 0. The SMILES string of the molecule is CC/C(=C/C#C[Si](C(C)C)(C(C)C)C(C)C)c1ccccc1N. The third-order valence-electron chi connectivity index (χ3n) is 5.09. The second kappa shape index (κ2) is 8.41. The average Bonchev–Trinajstić information content (AvgIpc) is 2.47. The summed E-state index contributed by atoms with van der Waals surface area (Å²) in [5.41, 5.74) is 15.1. The van der Waals surface area contributed by atoms with Crippen molar-refractivity contribution in [2.24, 2.45) is 0 Å². The fraction of sp³-hybridized carbons (Fsp3) is 0.524. The van der Waals surface area contributed by atoms with Crippen molar-refractivity contribution in [2.45, 2.75) is 71.5 Å². The number of anilines is 1. The summed E-state index contributed by atoms with van der Waals surface area (Å²) in [6, 6.07) is 8.07.